The number of halogens is 3. The zero-order chi connectivity index (χ0) is 15.0. The summed E-state index contributed by atoms with van der Waals surface area (Å²) in [4.78, 5) is 7.98. The maximum Gasteiger partial charge on any atom is 0.433 e. The second kappa shape index (κ2) is 5.19. The van der Waals surface area contributed by atoms with Crippen molar-refractivity contribution in [3.8, 4) is 0 Å². The second-order valence-electron chi connectivity index (χ2n) is 4.15. The van der Waals surface area contributed by atoms with Crippen molar-refractivity contribution in [2.24, 2.45) is 0 Å². The summed E-state index contributed by atoms with van der Waals surface area (Å²) in [5.41, 5.74) is 5.76. The third-order valence-electron chi connectivity index (χ3n) is 2.66. The molecule has 0 aliphatic rings. The average molecular weight is 327 g/mol. The largest absolute Gasteiger partial charge is 0.433 e. The molecule has 0 radical (unpaired) electrons. The van der Waals surface area contributed by atoms with E-state index in [0.717, 1.165) is 34.2 Å². The standard InChI is InChI=1S/C13H8F3N3S2/c14-13(15,16)11-5-10(7(17)6-18-11)21-12-19-8-3-1-2-4-9(8)20-12/h1-6H,17H2. The van der Waals surface area contributed by atoms with Gasteiger partial charge in [-0.05, 0) is 18.2 Å². The molecule has 0 amide bonds. The lowest BCUT2D eigenvalue weighted by atomic mass is 10.3. The van der Waals surface area contributed by atoms with E-state index in [1.54, 1.807) is 0 Å². The Morgan fingerprint density at radius 2 is 1.95 bits per heavy atom. The zero-order valence-electron chi connectivity index (χ0n) is 10.4. The Balaban J connectivity index is 1.97. The highest BCUT2D eigenvalue weighted by Crippen LogP contribution is 2.39. The molecule has 0 atom stereocenters. The van der Waals surface area contributed by atoms with Crippen LogP contribution in [0.1, 0.15) is 5.69 Å². The van der Waals surface area contributed by atoms with Crippen LogP contribution in [0.2, 0.25) is 0 Å². The van der Waals surface area contributed by atoms with Crippen molar-refractivity contribution in [2.75, 3.05) is 5.73 Å². The fourth-order valence-electron chi connectivity index (χ4n) is 1.68. The first-order valence-electron chi connectivity index (χ1n) is 5.79. The summed E-state index contributed by atoms with van der Waals surface area (Å²) in [6, 6.07) is 8.46. The van der Waals surface area contributed by atoms with Crippen LogP contribution in [0.25, 0.3) is 10.2 Å². The van der Waals surface area contributed by atoms with Gasteiger partial charge in [-0.1, -0.05) is 23.9 Å². The molecule has 2 aromatic heterocycles. The van der Waals surface area contributed by atoms with Crippen LogP contribution in [0.3, 0.4) is 0 Å². The number of nitrogens with two attached hydrogens (primary N) is 1. The van der Waals surface area contributed by atoms with E-state index in [0.29, 0.717) is 9.24 Å². The van der Waals surface area contributed by atoms with E-state index in [9.17, 15) is 13.2 Å². The normalized spacial score (nSPS) is 12.0. The molecule has 3 rings (SSSR count). The molecule has 108 valence electrons. The lowest BCUT2D eigenvalue weighted by molar-refractivity contribution is -0.141. The Bertz CT molecular complexity index is 766. The van der Waals surface area contributed by atoms with E-state index in [-0.39, 0.29) is 5.69 Å². The first kappa shape index (κ1) is 14.2. The molecule has 0 spiro atoms. The third-order valence-corrected chi connectivity index (χ3v) is 4.83. The van der Waals surface area contributed by atoms with Crippen LogP contribution in [-0.2, 0) is 6.18 Å². The van der Waals surface area contributed by atoms with Gasteiger partial charge >= 0.3 is 6.18 Å². The summed E-state index contributed by atoms with van der Waals surface area (Å²) in [7, 11) is 0. The molecule has 2 N–H and O–H groups in total. The number of nitrogens with zero attached hydrogens (tertiary/aromatic N) is 2. The highest BCUT2D eigenvalue weighted by Gasteiger charge is 2.33. The maximum absolute atomic E-state index is 12.7. The molecule has 1 aromatic carbocycles. The van der Waals surface area contributed by atoms with Crippen LogP contribution in [0.5, 0.6) is 0 Å². The lowest BCUT2D eigenvalue weighted by Crippen LogP contribution is -2.08. The number of thiazole rings is 1. The van der Waals surface area contributed by atoms with Crippen molar-refractivity contribution in [1.82, 2.24) is 9.97 Å². The predicted octanol–water partition coefficient (Wildman–Crippen LogP) is 4.44. The predicted molar refractivity (Wildman–Crippen MR) is 77.4 cm³/mol. The van der Waals surface area contributed by atoms with Crippen LogP contribution in [0.4, 0.5) is 18.9 Å². The summed E-state index contributed by atoms with van der Waals surface area (Å²) in [6.07, 6.45) is -3.46. The van der Waals surface area contributed by atoms with Crippen LogP contribution in [0.15, 0.2) is 45.8 Å². The SMILES string of the molecule is Nc1cnc(C(F)(F)F)cc1Sc1nc2ccccc2s1. The van der Waals surface area contributed by atoms with E-state index in [4.69, 9.17) is 5.73 Å². The highest BCUT2D eigenvalue weighted by molar-refractivity contribution is 8.01. The molecule has 0 fully saturated rings. The monoisotopic (exact) mass is 327 g/mol. The number of hydrogen-bond donors (Lipinski definition) is 1. The number of rotatable bonds is 2. The first-order chi connectivity index (χ1) is 9.93. The quantitative estimate of drug-likeness (QED) is 0.756. The molecule has 2 heterocycles. The van der Waals surface area contributed by atoms with Crippen molar-refractivity contribution in [3.63, 3.8) is 0 Å². The molecular weight excluding hydrogens is 319 g/mol. The molecule has 0 saturated heterocycles. The molecule has 8 heteroatoms. The zero-order valence-corrected chi connectivity index (χ0v) is 12.0. The Hall–Kier alpha value is -1.80. The van der Waals surface area contributed by atoms with Gasteiger partial charge in [-0.3, -0.25) is 0 Å². The average Bonchev–Trinajstić information content (AvgIpc) is 2.82. The van der Waals surface area contributed by atoms with Gasteiger partial charge in [0.15, 0.2) is 4.34 Å². The van der Waals surface area contributed by atoms with E-state index in [1.165, 1.54) is 11.3 Å². The number of aromatic nitrogens is 2. The van der Waals surface area contributed by atoms with E-state index in [2.05, 4.69) is 9.97 Å². The Morgan fingerprint density at radius 3 is 2.67 bits per heavy atom. The number of alkyl halides is 3. The number of hydrogen-bond acceptors (Lipinski definition) is 5. The fourth-order valence-corrected chi connectivity index (χ4v) is 3.76. The molecule has 0 saturated carbocycles. The van der Waals surface area contributed by atoms with Gasteiger partial charge in [0, 0.05) is 4.90 Å². The fraction of sp³-hybridized carbons (Fsp3) is 0.0769. The number of nitrogen functional groups attached to an aromatic ring is 1. The summed E-state index contributed by atoms with van der Waals surface area (Å²) in [5.74, 6) is 0. The molecule has 3 aromatic rings. The Kier molecular flexibility index (Phi) is 3.50. The summed E-state index contributed by atoms with van der Waals surface area (Å²) >= 11 is 2.52. The third kappa shape index (κ3) is 2.96. The second-order valence-corrected chi connectivity index (χ2v) is 6.47. The van der Waals surface area contributed by atoms with Crippen LogP contribution in [0, 0.1) is 0 Å². The van der Waals surface area contributed by atoms with Crippen molar-refractivity contribution in [3.05, 3.63) is 42.2 Å². The van der Waals surface area contributed by atoms with Crippen LogP contribution < -0.4 is 5.73 Å². The first-order valence-corrected chi connectivity index (χ1v) is 7.43. The molecule has 0 unspecified atom stereocenters. The molecular formula is C13H8F3N3S2. The molecule has 21 heavy (non-hydrogen) atoms. The van der Waals surface area contributed by atoms with Crippen molar-refractivity contribution >= 4 is 39.0 Å². The van der Waals surface area contributed by atoms with Crippen molar-refractivity contribution < 1.29 is 13.2 Å². The highest BCUT2D eigenvalue weighted by atomic mass is 32.2. The van der Waals surface area contributed by atoms with Crippen molar-refractivity contribution in [2.45, 2.75) is 15.4 Å². The summed E-state index contributed by atoms with van der Waals surface area (Å²) in [6.45, 7) is 0. The lowest BCUT2D eigenvalue weighted by Gasteiger charge is -2.08. The minimum absolute atomic E-state index is 0.201. The van der Waals surface area contributed by atoms with Gasteiger partial charge in [0.2, 0.25) is 0 Å². The number of para-hydroxylation sites is 1. The number of anilines is 1. The van der Waals surface area contributed by atoms with Gasteiger partial charge in [-0.2, -0.15) is 13.2 Å². The molecule has 0 bridgehead atoms. The van der Waals surface area contributed by atoms with E-state index >= 15 is 0 Å². The van der Waals surface area contributed by atoms with Gasteiger partial charge in [-0.25, -0.2) is 9.97 Å². The van der Waals surface area contributed by atoms with Crippen LogP contribution in [-0.4, -0.2) is 9.97 Å². The molecule has 0 aliphatic heterocycles. The van der Waals surface area contributed by atoms with Gasteiger partial charge in [0.1, 0.15) is 5.69 Å². The number of pyridine rings is 1. The smallest absolute Gasteiger partial charge is 0.397 e. The molecule has 0 aliphatic carbocycles. The van der Waals surface area contributed by atoms with Gasteiger partial charge in [0.05, 0.1) is 22.1 Å². The topological polar surface area (TPSA) is 51.8 Å². The molecule has 3 nitrogen and oxygen atoms in total. The minimum atomic E-state index is -4.49. The number of benzene rings is 1. The van der Waals surface area contributed by atoms with Gasteiger partial charge in [-0.15, -0.1) is 11.3 Å². The van der Waals surface area contributed by atoms with Gasteiger partial charge in [0.25, 0.3) is 0 Å². The van der Waals surface area contributed by atoms with E-state index < -0.39 is 11.9 Å². The Morgan fingerprint density at radius 1 is 1.19 bits per heavy atom. The van der Waals surface area contributed by atoms with Crippen molar-refractivity contribution in [1.29, 1.82) is 0 Å². The number of fused-ring (bicyclic) bond motifs is 1. The maximum atomic E-state index is 12.7. The summed E-state index contributed by atoms with van der Waals surface area (Å²) in [5, 5.41) is 0. The van der Waals surface area contributed by atoms with Crippen LogP contribution >= 0.6 is 23.1 Å². The minimum Gasteiger partial charge on any atom is -0.397 e. The summed E-state index contributed by atoms with van der Waals surface area (Å²) < 4.78 is 39.7. The van der Waals surface area contributed by atoms with E-state index in [1.807, 2.05) is 24.3 Å². The van der Waals surface area contributed by atoms with Gasteiger partial charge < -0.3 is 5.73 Å². The Labute approximate surface area is 126 Å².